The molecule has 0 aromatic heterocycles. The third-order valence-corrected chi connectivity index (χ3v) is 1.55. The van der Waals surface area contributed by atoms with Gasteiger partial charge in [-0.1, -0.05) is 18.2 Å². The van der Waals surface area contributed by atoms with Crippen LogP contribution >= 0.6 is 8.69 Å². The fourth-order valence-corrected chi connectivity index (χ4v) is 1.03. The molecule has 0 aliphatic carbocycles. The molecule has 1 rings (SSSR count). The molecule has 0 fully saturated rings. The minimum atomic E-state index is -0.718. The third kappa shape index (κ3) is 3.35. The van der Waals surface area contributed by atoms with Crippen molar-refractivity contribution in [3.05, 3.63) is 29.8 Å². The fourth-order valence-electron chi connectivity index (χ4n) is 0.716. The Labute approximate surface area is 89.5 Å². The van der Waals surface area contributed by atoms with Gasteiger partial charge in [0.1, 0.15) is 0 Å². The van der Waals surface area contributed by atoms with Crippen LogP contribution in [0.5, 0.6) is 5.75 Å². The molecule has 1 aromatic carbocycles. The van der Waals surface area contributed by atoms with Crippen molar-refractivity contribution in [2.75, 3.05) is 0 Å². The van der Waals surface area contributed by atoms with E-state index in [1.807, 2.05) is 25.1 Å². The molecule has 0 saturated heterocycles. The number of para-hydroxylation sites is 1. The first kappa shape index (κ1) is 11.1. The molecule has 2 nitrogen and oxygen atoms in total. The Morgan fingerprint density at radius 2 is 2.00 bits per heavy atom. The van der Waals surface area contributed by atoms with Crippen LogP contribution in [0.1, 0.15) is 5.56 Å². The minimum absolute atomic E-state index is 0. The van der Waals surface area contributed by atoms with Gasteiger partial charge in [-0.15, -0.1) is 0 Å². The molecule has 53 valence electrons. The van der Waals surface area contributed by atoms with Gasteiger partial charge in [-0.2, -0.15) is 0 Å². The SMILES string of the molecule is Cc1ccccc1O[PH+]=O.[Na]. The summed E-state index contributed by atoms with van der Waals surface area (Å²) in [7, 11) is -0.718. The first-order valence-electron chi connectivity index (χ1n) is 2.94. The van der Waals surface area contributed by atoms with E-state index in [0.717, 1.165) is 5.56 Å². The molecule has 0 spiro atoms. The molecule has 0 aliphatic rings. The topological polar surface area (TPSA) is 26.3 Å². The Morgan fingerprint density at radius 1 is 1.36 bits per heavy atom. The zero-order valence-electron chi connectivity index (χ0n) is 6.63. The molecule has 0 aliphatic heterocycles. The molecule has 1 aromatic rings. The van der Waals surface area contributed by atoms with Gasteiger partial charge < -0.3 is 0 Å². The summed E-state index contributed by atoms with van der Waals surface area (Å²) in [4.78, 5) is 0. The Morgan fingerprint density at radius 3 is 2.55 bits per heavy atom. The van der Waals surface area contributed by atoms with Gasteiger partial charge in [0.2, 0.25) is 0 Å². The summed E-state index contributed by atoms with van der Waals surface area (Å²) in [5.41, 5.74) is 1.01. The van der Waals surface area contributed by atoms with Crippen LogP contribution in [0.3, 0.4) is 0 Å². The molecule has 0 saturated carbocycles. The third-order valence-electron chi connectivity index (χ3n) is 1.25. The average molecular weight is 178 g/mol. The van der Waals surface area contributed by atoms with Crippen LogP contribution in [0, 0.1) is 6.92 Å². The molecular formula is C7H8NaO2P+. The van der Waals surface area contributed by atoms with Crippen molar-refractivity contribution in [3.63, 3.8) is 0 Å². The molecule has 1 atom stereocenters. The van der Waals surface area contributed by atoms with E-state index in [1.54, 1.807) is 6.07 Å². The number of aryl methyl sites for hydroxylation is 1. The summed E-state index contributed by atoms with van der Waals surface area (Å²) in [6, 6.07) is 7.47. The maximum absolute atomic E-state index is 10.1. The van der Waals surface area contributed by atoms with Crippen LogP contribution in [0.4, 0.5) is 0 Å². The zero-order chi connectivity index (χ0) is 7.40. The van der Waals surface area contributed by atoms with Gasteiger partial charge in [-0.3, -0.25) is 4.52 Å². The second-order valence-electron chi connectivity index (χ2n) is 1.95. The normalized spacial score (nSPS) is 8.82. The van der Waals surface area contributed by atoms with E-state index in [9.17, 15) is 4.57 Å². The number of hydrogen-bond donors (Lipinski definition) is 0. The number of rotatable bonds is 2. The quantitative estimate of drug-likeness (QED) is 0.511. The zero-order valence-corrected chi connectivity index (χ0v) is 9.63. The fraction of sp³-hybridized carbons (Fsp3) is 0.143. The summed E-state index contributed by atoms with van der Waals surface area (Å²) in [5.74, 6) is 0.691. The van der Waals surface area contributed by atoms with Crippen molar-refractivity contribution >= 4 is 38.2 Å². The van der Waals surface area contributed by atoms with Gasteiger partial charge in [0.15, 0.2) is 5.75 Å². The van der Waals surface area contributed by atoms with Crippen LogP contribution in [0.25, 0.3) is 0 Å². The molecule has 0 N–H and O–H groups in total. The van der Waals surface area contributed by atoms with Crippen molar-refractivity contribution in [1.29, 1.82) is 0 Å². The van der Waals surface area contributed by atoms with Crippen LogP contribution in [-0.2, 0) is 4.57 Å². The Hall–Kier alpha value is 0.120. The average Bonchev–Trinajstić information content (AvgIpc) is 1.94. The second kappa shape index (κ2) is 5.73. The standard InChI is InChI=1S/C7H8O2P.Na/c1-6-4-2-3-5-7(6)9-10-8;/h2-5,10H,1H3;/q+1;. The van der Waals surface area contributed by atoms with E-state index in [2.05, 4.69) is 0 Å². The Balaban J connectivity index is 0.000001000. The summed E-state index contributed by atoms with van der Waals surface area (Å²) in [6.07, 6.45) is 0. The van der Waals surface area contributed by atoms with Crippen LogP contribution < -0.4 is 4.52 Å². The van der Waals surface area contributed by atoms with Crippen molar-refractivity contribution in [3.8, 4) is 5.75 Å². The van der Waals surface area contributed by atoms with Gasteiger partial charge in [-0.25, -0.2) is 0 Å². The predicted octanol–water partition coefficient (Wildman–Crippen LogP) is 1.93. The van der Waals surface area contributed by atoms with Crippen molar-refractivity contribution in [2.45, 2.75) is 6.92 Å². The Bertz CT molecular complexity index is 240. The van der Waals surface area contributed by atoms with E-state index in [-0.39, 0.29) is 29.6 Å². The summed E-state index contributed by atoms with van der Waals surface area (Å²) >= 11 is 0. The van der Waals surface area contributed by atoms with Crippen LogP contribution in [0.15, 0.2) is 24.3 Å². The van der Waals surface area contributed by atoms with Crippen LogP contribution in [-0.4, -0.2) is 29.6 Å². The van der Waals surface area contributed by atoms with Crippen molar-refractivity contribution in [2.24, 2.45) is 0 Å². The molecule has 4 heteroatoms. The van der Waals surface area contributed by atoms with E-state index < -0.39 is 8.69 Å². The van der Waals surface area contributed by atoms with Crippen molar-refractivity contribution < 1.29 is 9.09 Å². The van der Waals surface area contributed by atoms with Gasteiger partial charge in [0.25, 0.3) is 0 Å². The summed E-state index contributed by atoms with van der Waals surface area (Å²) < 4.78 is 14.9. The van der Waals surface area contributed by atoms with Gasteiger partial charge in [-0.05, 0) is 23.1 Å². The summed E-state index contributed by atoms with van der Waals surface area (Å²) in [6.45, 7) is 1.91. The molecule has 1 radical (unpaired) electrons. The van der Waals surface area contributed by atoms with Crippen molar-refractivity contribution in [1.82, 2.24) is 0 Å². The van der Waals surface area contributed by atoms with E-state index in [4.69, 9.17) is 4.52 Å². The van der Waals surface area contributed by atoms with E-state index >= 15 is 0 Å². The number of benzene rings is 1. The predicted molar refractivity (Wildman–Crippen MR) is 46.6 cm³/mol. The molecular weight excluding hydrogens is 170 g/mol. The smallest absolute Gasteiger partial charge is 0.256 e. The Kier molecular flexibility index (Phi) is 5.79. The van der Waals surface area contributed by atoms with Crippen LogP contribution in [0.2, 0.25) is 0 Å². The van der Waals surface area contributed by atoms with Gasteiger partial charge in [0, 0.05) is 29.6 Å². The maximum Gasteiger partial charge on any atom is 0.542 e. The molecule has 1 unspecified atom stereocenters. The summed E-state index contributed by atoms with van der Waals surface area (Å²) in [5, 5.41) is 0. The largest absolute Gasteiger partial charge is 0.542 e. The van der Waals surface area contributed by atoms with E-state index in [1.165, 1.54) is 0 Å². The first-order valence-corrected chi connectivity index (χ1v) is 3.76. The first-order chi connectivity index (χ1) is 4.84. The van der Waals surface area contributed by atoms with E-state index in [0.29, 0.717) is 5.75 Å². The molecule has 0 amide bonds. The maximum atomic E-state index is 10.1. The second-order valence-corrected chi connectivity index (χ2v) is 2.32. The molecule has 0 heterocycles. The van der Waals surface area contributed by atoms with Gasteiger partial charge >= 0.3 is 8.69 Å². The molecule has 0 bridgehead atoms. The monoisotopic (exact) mass is 178 g/mol. The molecule has 11 heavy (non-hydrogen) atoms. The minimum Gasteiger partial charge on any atom is -0.256 e. The number of hydrogen-bond acceptors (Lipinski definition) is 2. The van der Waals surface area contributed by atoms with Gasteiger partial charge in [0.05, 0.1) is 0 Å².